The van der Waals surface area contributed by atoms with Crippen LogP contribution in [-0.2, 0) is 30.7 Å². The highest BCUT2D eigenvalue weighted by Gasteiger charge is 2.39. The molecule has 2 aliphatic carbocycles. The van der Waals surface area contributed by atoms with Crippen LogP contribution in [0.5, 0.6) is 17.2 Å². The van der Waals surface area contributed by atoms with Gasteiger partial charge in [0.25, 0.3) is 5.91 Å². The third kappa shape index (κ3) is 11.2. The predicted molar refractivity (Wildman–Crippen MR) is 210 cm³/mol. The van der Waals surface area contributed by atoms with Gasteiger partial charge in [-0.25, -0.2) is 18.0 Å². The van der Waals surface area contributed by atoms with E-state index in [4.69, 9.17) is 46.9 Å². The van der Waals surface area contributed by atoms with Crippen molar-refractivity contribution >= 4 is 56.9 Å². The number of benzene rings is 2. The Labute approximate surface area is 345 Å². The number of pyridine rings is 1. The molecule has 6 rings (SSSR count). The number of nitrogens with zero attached hydrogens (tertiary/aromatic N) is 3. The summed E-state index contributed by atoms with van der Waals surface area (Å²) in [6, 6.07) is 7.23. The van der Waals surface area contributed by atoms with Crippen molar-refractivity contribution in [1.29, 1.82) is 0 Å². The molecule has 0 spiro atoms. The molecule has 1 aromatic heterocycles. The van der Waals surface area contributed by atoms with Gasteiger partial charge in [-0.1, -0.05) is 29.3 Å². The van der Waals surface area contributed by atoms with E-state index in [0.717, 1.165) is 31.9 Å². The summed E-state index contributed by atoms with van der Waals surface area (Å²) in [4.78, 5) is 47.1. The number of halogens is 4. The molecule has 2 aromatic carbocycles. The molecule has 2 heterocycles. The van der Waals surface area contributed by atoms with E-state index < -0.39 is 52.4 Å². The number of hydrogen-bond donors (Lipinski definition) is 0. The van der Waals surface area contributed by atoms with Crippen LogP contribution in [0.1, 0.15) is 86.9 Å². The second-order valence-corrected chi connectivity index (χ2v) is 18.3. The van der Waals surface area contributed by atoms with Gasteiger partial charge in [0.05, 0.1) is 29.5 Å². The normalized spacial score (nSPS) is 17.5. The molecule has 3 aliphatic rings. The monoisotopic (exact) mass is 867 g/mol. The molecule has 18 heteroatoms. The predicted octanol–water partition coefficient (Wildman–Crippen LogP) is 8.40. The smallest absolute Gasteiger partial charge is 0.429 e. The van der Waals surface area contributed by atoms with Crippen LogP contribution in [0.15, 0.2) is 48.8 Å². The minimum atomic E-state index is -4.31. The SMILES string of the molecule is CC(C)(C)OC(=O)N(c1cc(C(=O)N2CCC[C@H]2C(=O)O[C@@H](Cc2c(Cl)cncc2Cl)c2ccc(OC(F)F)c(OCC3CC3)c2)ccc1OCC1CC1)S(C)(=O)=O. The van der Waals surface area contributed by atoms with Crippen LogP contribution in [0.4, 0.5) is 19.3 Å². The molecule has 1 saturated heterocycles. The first-order valence-electron chi connectivity index (χ1n) is 18.9. The van der Waals surface area contributed by atoms with Gasteiger partial charge in [0.2, 0.25) is 10.0 Å². The molecule has 0 bridgehead atoms. The topological polar surface area (TPSA) is 151 Å². The first kappa shape index (κ1) is 43.2. The molecule has 2 amide bonds. The van der Waals surface area contributed by atoms with Gasteiger partial charge in [-0.15, -0.1) is 0 Å². The molecule has 58 heavy (non-hydrogen) atoms. The first-order valence-corrected chi connectivity index (χ1v) is 21.5. The van der Waals surface area contributed by atoms with Crippen LogP contribution in [0, 0.1) is 11.8 Å². The molecule has 2 saturated carbocycles. The van der Waals surface area contributed by atoms with Gasteiger partial charge >= 0.3 is 18.7 Å². The number of anilines is 1. The van der Waals surface area contributed by atoms with Gasteiger partial charge in [-0.3, -0.25) is 9.78 Å². The van der Waals surface area contributed by atoms with Crippen LogP contribution in [0.3, 0.4) is 0 Å². The van der Waals surface area contributed by atoms with Gasteiger partial charge in [0, 0.05) is 30.9 Å². The Hall–Kier alpha value is -4.41. The Bertz CT molecular complexity index is 2110. The van der Waals surface area contributed by atoms with Crippen molar-refractivity contribution in [2.24, 2.45) is 11.8 Å². The van der Waals surface area contributed by atoms with Gasteiger partial charge in [0.1, 0.15) is 29.2 Å². The van der Waals surface area contributed by atoms with E-state index in [1.165, 1.54) is 53.7 Å². The molecule has 3 aromatic rings. The minimum Gasteiger partial charge on any atom is -0.491 e. The maximum Gasteiger partial charge on any atom is 0.429 e. The summed E-state index contributed by atoms with van der Waals surface area (Å²) >= 11 is 13.0. The summed E-state index contributed by atoms with van der Waals surface area (Å²) in [5.41, 5.74) is -0.531. The number of likely N-dealkylation sites (tertiary alicyclic amines) is 1. The number of hydrogen-bond acceptors (Lipinski definition) is 11. The zero-order chi connectivity index (χ0) is 41.9. The van der Waals surface area contributed by atoms with E-state index in [9.17, 15) is 31.6 Å². The highest BCUT2D eigenvalue weighted by molar-refractivity contribution is 7.92. The third-order valence-corrected chi connectivity index (χ3v) is 11.3. The lowest BCUT2D eigenvalue weighted by Gasteiger charge is -2.28. The lowest BCUT2D eigenvalue weighted by molar-refractivity contribution is -0.154. The number of alkyl halides is 2. The lowest BCUT2D eigenvalue weighted by atomic mass is 10.0. The second-order valence-electron chi connectivity index (χ2n) is 15.7. The fourth-order valence-electron chi connectivity index (χ4n) is 6.35. The summed E-state index contributed by atoms with van der Waals surface area (Å²) in [6.45, 7) is 2.37. The largest absolute Gasteiger partial charge is 0.491 e. The zero-order valence-corrected chi connectivity index (χ0v) is 34.7. The Balaban J connectivity index is 1.30. The Morgan fingerprint density at radius 3 is 2.12 bits per heavy atom. The highest BCUT2D eigenvalue weighted by Crippen LogP contribution is 2.40. The molecule has 314 valence electrons. The lowest BCUT2D eigenvalue weighted by Crippen LogP contribution is -2.42. The molecular weight excluding hydrogens is 823 g/mol. The Morgan fingerprint density at radius 2 is 1.53 bits per heavy atom. The van der Waals surface area contributed by atoms with E-state index in [2.05, 4.69) is 4.98 Å². The summed E-state index contributed by atoms with van der Waals surface area (Å²) in [5, 5.41) is 0.396. The molecule has 0 N–H and O–H groups in total. The molecule has 2 atom stereocenters. The number of amides is 2. The zero-order valence-electron chi connectivity index (χ0n) is 32.4. The number of ether oxygens (including phenoxy) is 5. The van der Waals surface area contributed by atoms with Gasteiger partial charge in [-0.2, -0.15) is 13.1 Å². The Kier molecular flexibility index (Phi) is 13.3. The van der Waals surface area contributed by atoms with Crippen molar-refractivity contribution in [3.05, 3.63) is 75.5 Å². The maximum atomic E-state index is 14.3. The van der Waals surface area contributed by atoms with Crippen LogP contribution < -0.4 is 18.5 Å². The van der Waals surface area contributed by atoms with Gasteiger partial charge in [0.15, 0.2) is 11.5 Å². The van der Waals surface area contributed by atoms with Crippen LogP contribution in [-0.4, -0.2) is 80.5 Å². The van der Waals surface area contributed by atoms with Gasteiger partial charge in [-0.05, 0) is 113 Å². The van der Waals surface area contributed by atoms with E-state index in [0.29, 0.717) is 21.9 Å². The van der Waals surface area contributed by atoms with Crippen LogP contribution in [0.2, 0.25) is 10.0 Å². The number of carbonyl (C=O) groups excluding carboxylic acids is 3. The van der Waals surface area contributed by atoms with Crippen molar-refractivity contribution in [3.8, 4) is 17.2 Å². The quantitative estimate of drug-likeness (QED) is 0.128. The number of sulfonamides is 1. The molecule has 3 fully saturated rings. The third-order valence-electron chi connectivity index (χ3n) is 9.60. The summed E-state index contributed by atoms with van der Waals surface area (Å²) in [7, 11) is -4.31. The van der Waals surface area contributed by atoms with E-state index in [1.807, 2.05) is 0 Å². The second kappa shape index (κ2) is 17.8. The van der Waals surface area contributed by atoms with E-state index >= 15 is 0 Å². The first-order chi connectivity index (χ1) is 27.4. The van der Waals surface area contributed by atoms with E-state index in [-0.39, 0.29) is 83.0 Å². The fourth-order valence-corrected chi connectivity index (χ4v) is 7.67. The average Bonchev–Trinajstić information content (AvgIpc) is 4.08. The summed E-state index contributed by atoms with van der Waals surface area (Å²) in [5.74, 6) is -0.953. The molecular formula is C40H45Cl2F2N3O10S. The number of aromatic nitrogens is 1. The maximum absolute atomic E-state index is 14.3. The molecule has 0 unspecified atom stereocenters. The van der Waals surface area contributed by atoms with Crippen molar-refractivity contribution < 1.29 is 55.3 Å². The highest BCUT2D eigenvalue weighted by atomic mass is 35.5. The number of carbonyl (C=O) groups is 3. The molecule has 1 aliphatic heterocycles. The average molecular weight is 869 g/mol. The number of rotatable bonds is 16. The Morgan fingerprint density at radius 1 is 0.914 bits per heavy atom. The van der Waals surface area contributed by atoms with Crippen LogP contribution >= 0.6 is 23.2 Å². The minimum absolute atomic E-state index is 0.0235. The fraction of sp³-hybridized carbons (Fsp3) is 0.500. The van der Waals surface area contributed by atoms with Crippen molar-refractivity contribution in [2.75, 3.05) is 30.3 Å². The summed E-state index contributed by atoms with van der Waals surface area (Å²) in [6.07, 6.45) is 5.70. The summed E-state index contributed by atoms with van der Waals surface area (Å²) < 4.78 is 81.6. The van der Waals surface area contributed by atoms with Crippen molar-refractivity contribution in [2.45, 2.75) is 90.1 Å². The van der Waals surface area contributed by atoms with Crippen LogP contribution in [0.25, 0.3) is 0 Å². The van der Waals surface area contributed by atoms with Gasteiger partial charge < -0.3 is 28.6 Å². The molecule has 13 nitrogen and oxygen atoms in total. The van der Waals surface area contributed by atoms with E-state index in [1.54, 1.807) is 20.8 Å². The molecule has 0 radical (unpaired) electrons. The number of esters is 1. The standard InChI is InChI=1S/C40H45Cl2F2N3O10S/c1-40(2,3)57-39(50)47(58(4,51)52)31-16-26(12-13-32(31)53-21-23-7-8-23)36(48)46-15-5-6-30(46)37(49)55-34(18-27-28(41)19-45-20-29(27)42)25-11-14-33(56-38(43)44)35(17-25)54-22-24-9-10-24/h11-14,16-17,19-20,23-24,30,34,38H,5-10,15,18,21-22H2,1-4H3/t30-,34-/m0/s1. The van der Waals surface area contributed by atoms with Crippen molar-refractivity contribution in [3.63, 3.8) is 0 Å². The van der Waals surface area contributed by atoms with Crippen molar-refractivity contribution in [1.82, 2.24) is 9.88 Å².